The average Bonchev–Trinajstić information content (AvgIpc) is 2.71. The van der Waals surface area contributed by atoms with Crippen LogP contribution >= 0.6 is 0 Å². The van der Waals surface area contributed by atoms with E-state index in [9.17, 15) is 31.4 Å². The number of aromatic hydroxyl groups is 1. The van der Waals surface area contributed by atoms with Crippen LogP contribution in [0, 0.1) is 5.41 Å². The number of phenols is 1. The zero-order valence-corrected chi connectivity index (χ0v) is 16.0. The number of nitrogens with one attached hydrogen (secondary N) is 3. The average molecular weight is 455 g/mol. The van der Waals surface area contributed by atoms with E-state index in [0.29, 0.717) is 17.7 Å². The number of allylic oxidation sites excluding steroid dienone is 2. The van der Waals surface area contributed by atoms with Crippen molar-refractivity contribution in [3.8, 4) is 5.75 Å². The second kappa shape index (κ2) is 8.73. The zero-order chi connectivity index (χ0) is 23.5. The third-order valence-corrected chi connectivity index (χ3v) is 4.29. The van der Waals surface area contributed by atoms with Crippen molar-refractivity contribution in [3.05, 3.63) is 76.5 Å². The van der Waals surface area contributed by atoms with Crippen LogP contribution in [0.1, 0.15) is 22.3 Å². The first-order chi connectivity index (χ1) is 15.0. The predicted molar refractivity (Wildman–Crippen MR) is 105 cm³/mol. The molecule has 32 heavy (non-hydrogen) atoms. The number of rotatable bonds is 4. The third kappa shape index (κ3) is 5.25. The number of nitrogens with zero attached hydrogens (tertiary/aromatic N) is 2. The lowest BCUT2D eigenvalue weighted by Gasteiger charge is -2.22. The second-order valence-electron chi connectivity index (χ2n) is 6.55. The summed E-state index contributed by atoms with van der Waals surface area (Å²) in [5.41, 5.74) is -3.38. The molecule has 0 fully saturated rings. The molecule has 0 saturated heterocycles. The first kappa shape index (κ1) is 22.8. The topological polar surface area (TPSA) is 92.9 Å². The fourth-order valence-electron chi connectivity index (χ4n) is 2.86. The monoisotopic (exact) mass is 455 g/mol. The van der Waals surface area contributed by atoms with Gasteiger partial charge in [0.15, 0.2) is 0 Å². The molecule has 0 radical (unpaired) electrons. The maximum absolute atomic E-state index is 13.5. The molecular weight excluding hydrogens is 440 g/mol. The summed E-state index contributed by atoms with van der Waals surface area (Å²) in [4.78, 5) is 0. The molecular formula is C20H15F6N5O. The smallest absolute Gasteiger partial charge is 0.417 e. The quantitative estimate of drug-likeness (QED) is 0.406. The fourth-order valence-corrected chi connectivity index (χ4v) is 2.86. The highest BCUT2D eigenvalue weighted by molar-refractivity contribution is 6.17. The van der Waals surface area contributed by atoms with Gasteiger partial charge in [0.05, 0.1) is 16.8 Å². The maximum Gasteiger partial charge on any atom is 0.417 e. The number of alkyl halides is 6. The highest BCUT2D eigenvalue weighted by atomic mass is 19.4. The molecule has 0 aliphatic carbocycles. The van der Waals surface area contributed by atoms with Gasteiger partial charge < -0.3 is 21.1 Å². The molecule has 2 aromatic rings. The lowest BCUT2D eigenvalue weighted by molar-refractivity contribution is -0.143. The Balaban J connectivity index is 1.98. The van der Waals surface area contributed by atoms with E-state index in [1.807, 2.05) is 0 Å². The Bertz CT molecular complexity index is 1120. The van der Waals surface area contributed by atoms with Gasteiger partial charge in [-0.2, -0.15) is 26.3 Å². The number of guanidine groups is 1. The van der Waals surface area contributed by atoms with Crippen LogP contribution in [0.3, 0.4) is 0 Å². The number of halogens is 6. The van der Waals surface area contributed by atoms with Gasteiger partial charge in [-0.25, -0.2) is 0 Å². The van der Waals surface area contributed by atoms with Crippen molar-refractivity contribution in [2.75, 3.05) is 0 Å². The molecule has 0 amide bonds. The summed E-state index contributed by atoms with van der Waals surface area (Å²) in [5.74, 6) is 0.0696. The molecule has 0 unspecified atom stereocenters. The molecule has 6 nitrogen and oxygen atoms in total. The Labute approximate surface area is 177 Å². The van der Waals surface area contributed by atoms with Crippen molar-refractivity contribution in [1.29, 1.82) is 5.41 Å². The SMILES string of the molecule is N=C/C=C1\NC(NCc2cccc(O)c2)=NN=C1c1ccc(C(F)(F)F)cc1C(F)(F)F. The highest BCUT2D eigenvalue weighted by Crippen LogP contribution is 2.38. The summed E-state index contributed by atoms with van der Waals surface area (Å²) < 4.78 is 79.4. The normalized spacial score (nSPS) is 15.6. The third-order valence-electron chi connectivity index (χ3n) is 4.29. The van der Waals surface area contributed by atoms with Crippen molar-refractivity contribution in [3.63, 3.8) is 0 Å². The minimum Gasteiger partial charge on any atom is -0.508 e. The lowest BCUT2D eigenvalue weighted by Crippen LogP contribution is -2.41. The summed E-state index contributed by atoms with van der Waals surface area (Å²) in [7, 11) is 0. The molecule has 0 spiro atoms. The van der Waals surface area contributed by atoms with Gasteiger partial charge in [-0.1, -0.05) is 18.2 Å². The van der Waals surface area contributed by atoms with E-state index >= 15 is 0 Å². The van der Waals surface area contributed by atoms with Gasteiger partial charge >= 0.3 is 12.4 Å². The lowest BCUT2D eigenvalue weighted by atomic mass is 9.97. The standard InChI is InChI=1S/C20H15F6N5O/c21-19(22,23)12-4-5-14(15(9-12)20(24,25)26)17-16(6-7-27)29-18(31-30-17)28-10-11-2-1-3-13(32)8-11/h1-9,27,32H,10H2,(H2,28,29,31)/b16-6-,27-7?. The van der Waals surface area contributed by atoms with Crippen molar-refractivity contribution in [2.45, 2.75) is 18.9 Å². The van der Waals surface area contributed by atoms with Gasteiger partial charge in [-0.3, -0.25) is 0 Å². The van der Waals surface area contributed by atoms with Gasteiger partial charge in [0.25, 0.3) is 0 Å². The molecule has 2 aromatic carbocycles. The molecule has 1 aliphatic heterocycles. The van der Waals surface area contributed by atoms with E-state index < -0.39 is 29.0 Å². The largest absolute Gasteiger partial charge is 0.508 e. The molecule has 0 aromatic heterocycles. The molecule has 12 heteroatoms. The molecule has 3 rings (SSSR count). The molecule has 0 atom stereocenters. The summed E-state index contributed by atoms with van der Waals surface area (Å²) >= 11 is 0. The molecule has 1 aliphatic rings. The summed E-state index contributed by atoms with van der Waals surface area (Å²) in [6, 6.07) is 7.48. The van der Waals surface area contributed by atoms with Crippen LogP contribution in [0.2, 0.25) is 0 Å². The zero-order valence-electron chi connectivity index (χ0n) is 16.0. The first-order valence-corrected chi connectivity index (χ1v) is 8.93. The van der Waals surface area contributed by atoms with E-state index in [4.69, 9.17) is 5.41 Å². The van der Waals surface area contributed by atoms with Crippen LogP contribution in [-0.2, 0) is 18.9 Å². The Kier molecular flexibility index (Phi) is 6.23. The van der Waals surface area contributed by atoms with Gasteiger partial charge in [0, 0.05) is 18.3 Å². The Morgan fingerprint density at radius 1 is 1.00 bits per heavy atom. The van der Waals surface area contributed by atoms with Gasteiger partial charge in [0.1, 0.15) is 11.5 Å². The fraction of sp³-hybridized carbons (Fsp3) is 0.150. The minimum atomic E-state index is -5.09. The summed E-state index contributed by atoms with van der Waals surface area (Å²) in [6.07, 6.45) is -8.17. The number of phenolic OH excluding ortho intramolecular Hbond substituents is 1. The van der Waals surface area contributed by atoms with E-state index in [1.54, 1.807) is 12.1 Å². The van der Waals surface area contributed by atoms with E-state index in [0.717, 1.165) is 12.3 Å². The van der Waals surface area contributed by atoms with Crippen LogP contribution in [0.4, 0.5) is 26.3 Å². The Morgan fingerprint density at radius 3 is 2.38 bits per heavy atom. The second-order valence-corrected chi connectivity index (χ2v) is 6.55. The Hall–Kier alpha value is -3.83. The number of benzene rings is 2. The molecule has 4 N–H and O–H groups in total. The highest BCUT2D eigenvalue weighted by Gasteiger charge is 2.39. The molecule has 1 heterocycles. The maximum atomic E-state index is 13.5. The van der Waals surface area contributed by atoms with E-state index in [-0.39, 0.29) is 35.7 Å². The Morgan fingerprint density at radius 2 is 1.75 bits per heavy atom. The van der Waals surface area contributed by atoms with Crippen LogP contribution in [0.5, 0.6) is 5.75 Å². The van der Waals surface area contributed by atoms with E-state index in [2.05, 4.69) is 20.8 Å². The van der Waals surface area contributed by atoms with Crippen LogP contribution in [0.15, 0.2) is 64.4 Å². The van der Waals surface area contributed by atoms with Crippen molar-refractivity contribution in [2.24, 2.45) is 10.2 Å². The van der Waals surface area contributed by atoms with Gasteiger partial charge in [-0.15, -0.1) is 10.2 Å². The first-order valence-electron chi connectivity index (χ1n) is 8.93. The number of hydrogen-bond donors (Lipinski definition) is 4. The minimum absolute atomic E-state index is 0.0131. The predicted octanol–water partition coefficient (Wildman–Crippen LogP) is 4.42. The number of hydrogen-bond acceptors (Lipinski definition) is 6. The summed E-state index contributed by atoms with van der Waals surface area (Å²) in [5, 5.41) is 29.8. The van der Waals surface area contributed by atoms with Crippen LogP contribution in [-0.4, -0.2) is 23.0 Å². The van der Waals surface area contributed by atoms with Crippen molar-refractivity contribution < 1.29 is 31.4 Å². The van der Waals surface area contributed by atoms with Gasteiger partial charge in [0.2, 0.25) is 5.96 Å². The van der Waals surface area contributed by atoms with E-state index in [1.165, 1.54) is 12.1 Å². The van der Waals surface area contributed by atoms with Crippen LogP contribution in [0.25, 0.3) is 0 Å². The molecule has 0 bridgehead atoms. The van der Waals surface area contributed by atoms with Crippen molar-refractivity contribution >= 4 is 17.9 Å². The molecule has 0 saturated carbocycles. The van der Waals surface area contributed by atoms with Gasteiger partial charge in [-0.05, 0) is 35.9 Å². The van der Waals surface area contributed by atoms with Crippen molar-refractivity contribution in [1.82, 2.24) is 10.6 Å². The summed E-state index contributed by atoms with van der Waals surface area (Å²) in [6.45, 7) is 0.178. The van der Waals surface area contributed by atoms with Crippen LogP contribution < -0.4 is 10.6 Å². The molecule has 168 valence electrons.